The number of hydrogen-bond donors (Lipinski definition) is 1. The average Bonchev–Trinajstić information content (AvgIpc) is 3.65. The van der Waals surface area contributed by atoms with Crippen LogP contribution in [0, 0.1) is 5.82 Å². The number of benzene rings is 3. The standard InChI is InChI=1S/C33H30FN3O5/c1-40-25-6-2-5-21(15-25)20-42-32-9-3-8-28(36-32)23-11-10-22(27(34)16-23)18-31-35-29-13-12-24(33(38)39)17-30(29)37(31)19-26-7-4-14-41-26/h2-3,5-6,8-13,15-17,26H,4,7,14,18-20H2,1H3,(H,38,39). The van der Waals surface area contributed by atoms with E-state index in [4.69, 9.17) is 19.2 Å². The minimum Gasteiger partial charge on any atom is -0.497 e. The quantitative estimate of drug-likeness (QED) is 0.212. The zero-order chi connectivity index (χ0) is 29.1. The van der Waals surface area contributed by atoms with Gasteiger partial charge in [-0.2, -0.15) is 0 Å². The molecule has 3 heterocycles. The third-order valence-corrected chi connectivity index (χ3v) is 7.43. The molecule has 3 aromatic carbocycles. The molecule has 0 radical (unpaired) electrons. The van der Waals surface area contributed by atoms with Crippen molar-refractivity contribution in [2.75, 3.05) is 13.7 Å². The van der Waals surface area contributed by atoms with E-state index in [9.17, 15) is 9.90 Å². The maximum atomic E-state index is 15.5. The molecule has 1 N–H and O–H groups in total. The lowest BCUT2D eigenvalue weighted by molar-refractivity contribution is 0.0697. The van der Waals surface area contributed by atoms with Crippen LogP contribution in [0.3, 0.4) is 0 Å². The van der Waals surface area contributed by atoms with Crippen molar-refractivity contribution in [3.63, 3.8) is 0 Å². The van der Waals surface area contributed by atoms with Gasteiger partial charge >= 0.3 is 5.97 Å². The first-order chi connectivity index (χ1) is 20.5. The summed E-state index contributed by atoms with van der Waals surface area (Å²) in [5.74, 6) is 0.456. The second-order valence-corrected chi connectivity index (χ2v) is 10.3. The Morgan fingerprint density at radius 1 is 1.07 bits per heavy atom. The van der Waals surface area contributed by atoms with Gasteiger partial charge in [0.2, 0.25) is 5.88 Å². The van der Waals surface area contributed by atoms with Gasteiger partial charge < -0.3 is 23.9 Å². The van der Waals surface area contributed by atoms with Gasteiger partial charge in [0.05, 0.1) is 42.0 Å². The highest BCUT2D eigenvalue weighted by atomic mass is 19.1. The van der Waals surface area contributed by atoms with Crippen LogP contribution in [0.4, 0.5) is 4.39 Å². The van der Waals surface area contributed by atoms with Crippen LogP contribution in [0.15, 0.2) is 78.9 Å². The summed E-state index contributed by atoms with van der Waals surface area (Å²) in [6, 6.07) is 22.9. The van der Waals surface area contributed by atoms with Crippen molar-refractivity contribution in [2.24, 2.45) is 0 Å². The first-order valence-electron chi connectivity index (χ1n) is 13.8. The Kier molecular flexibility index (Phi) is 7.83. The second kappa shape index (κ2) is 12.0. The van der Waals surface area contributed by atoms with Gasteiger partial charge in [0.25, 0.3) is 0 Å². The van der Waals surface area contributed by atoms with Crippen molar-refractivity contribution in [3.8, 4) is 22.9 Å². The molecule has 0 spiro atoms. The average molecular weight is 568 g/mol. The van der Waals surface area contributed by atoms with Gasteiger partial charge in [0.1, 0.15) is 24.0 Å². The minimum atomic E-state index is -1.01. The summed E-state index contributed by atoms with van der Waals surface area (Å²) in [5.41, 5.74) is 4.19. The molecule has 8 nitrogen and oxygen atoms in total. The number of halogens is 1. The van der Waals surface area contributed by atoms with E-state index >= 15 is 4.39 Å². The lowest BCUT2D eigenvalue weighted by atomic mass is 10.1. The molecule has 1 fully saturated rings. The molecule has 2 aromatic heterocycles. The molecule has 5 aromatic rings. The van der Waals surface area contributed by atoms with E-state index in [1.807, 2.05) is 47.0 Å². The number of nitrogens with zero attached hydrogens (tertiary/aromatic N) is 3. The number of imidazole rings is 1. The summed E-state index contributed by atoms with van der Waals surface area (Å²) in [6.07, 6.45) is 2.14. The molecule has 1 unspecified atom stereocenters. The van der Waals surface area contributed by atoms with Crippen LogP contribution < -0.4 is 9.47 Å². The first kappa shape index (κ1) is 27.4. The molecular weight excluding hydrogens is 537 g/mol. The molecule has 1 aliphatic heterocycles. The fourth-order valence-electron chi connectivity index (χ4n) is 5.23. The predicted molar refractivity (Wildman–Crippen MR) is 155 cm³/mol. The molecule has 0 aliphatic carbocycles. The molecule has 0 saturated carbocycles. The number of carboxylic acid groups (broad SMARTS) is 1. The third kappa shape index (κ3) is 5.96. The van der Waals surface area contributed by atoms with Crippen LogP contribution in [0.1, 0.15) is 40.2 Å². The molecule has 0 bridgehead atoms. The Morgan fingerprint density at radius 3 is 2.74 bits per heavy atom. The number of aromatic carboxylic acids is 1. The Morgan fingerprint density at radius 2 is 1.95 bits per heavy atom. The predicted octanol–water partition coefficient (Wildman–Crippen LogP) is 6.29. The van der Waals surface area contributed by atoms with E-state index in [-0.39, 0.29) is 23.9 Å². The van der Waals surface area contributed by atoms with Crippen molar-refractivity contribution >= 4 is 17.0 Å². The number of ether oxygens (including phenoxy) is 3. The fourth-order valence-corrected chi connectivity index (χ4v) is 5.23. The van der Waals surface area contributed by atoms with Crippen LogP contribution in [-0.2, 0) is 24.3 Å². The molecule has 9 heteroatoms. The number of rotatable bonds is 10. The highest BCUT2D eigenvalue weighted by Crippen LogP contribution is 2.27. The summed E-state index contributed by atoms with van der Waals surface area (Å²) in [4.78, 5) is 20.9. The molecule has 6 rings (SSSR count). The zero-order valence-corrected chi connectivity index (χ0v) is 23.1. The molecule has 42 heavy (non-hydrogen) atoms. The summed E-state index contributed by atoms with van der Waals surface area (Å²) in [7, 11) is 1.62. The van der Waals surface area contributed by atoms with Crippen molar-refractivity contribution < 1.29 is 28.5 Å². The molecule has 0 amide bonds. The van der Waals surface area contributed by atoms with Gasteiger partial charge in [0.15, 0.2) is 0 Å². The van der Waals surface area contributed by atoms with Crippen LogP contribution in [0.25, 0.3) is 22.3 Å². The maximum absolute atomic E-state index is 15.5. The smallest absolute Gasteiger partial charge is 0.335 e. The molecule has 1 saturated heterocycles. The number of carboxylic acids is 1. The maximum Gasteiger partial charge on any atom is 0.335 e. The summed E-state index contributed by atoms with van der Waals surface area (Å²) < 4.78 is 34.5. The van der Waals surface area contributed by atoms with Crippen LogP contribution in [-0.4, -0.2) is 45.4 Å². The molecule has 1 aliphatic rings. The highest BCUT2D eigenvalue weighted by Gasteiger charge is 2.21. The van der Waals surface area contributed by atoms with Gasteiger partial charge in [-0.3, -0.25) is 0 Å². The SMILES string of the molecule is COc1cccc(COc2cccc(-c3ccc(Cc4nc5ccc(C(=O)O)cc5n4CC4CCCO4)c(F)c3)n2)c1. The third-order valence-electron chi connectivity index (χ3n) is 7.43. The van der Waals surface area contributed by atoms with E-state index in [1.165, 1.54) is 12.1 Å². The number of fused-ring (bicyclic) bond motifs is 1. The Labute approximate surface area is 242 Å². The van der Waals surface area contributed by atoms with Crippen LogP contribution >= 0.6 is 0 Å². The normalized spacial score (nSPS) is 14.8. The lowest BCUT2D eigenvalue weighted by Crippen LogP contribution is -2.17. The van der Waals surface area contributed by atoms with Crippen LogP contribution in [0.5, 0.6) is 11.6 Å². The summed E-state index contributed by atoms with van der Waals surface area (Å²) >= 11 is 0. The van der Waals surface area contributed by atoms with Gasteiger partial charge in [0, 0.05) is 24.7 Å². The monoisotopic (exact) mass is 567 g/mol. The number of methoxy groups -OCH3 is 1. The largest absolute Gasteiger partial charge is 0.497 e. The van der Waals surface area contributed by atoms with Gasteiger partial charge in [-0.15, -0.1) is 0 Å². The van der Waals surface area contributed by atoms with E-state index in [2.05, 4.69) is 4.98 Å². The van der Waals surface area contributed by atoms with Crippen molar-refractivity contribution in [1.29, 1.82) is 0 Å². The lowest BCUT2D eigenvalue weighted by Gasteiger charge is -2.15. The summed E-state index contributed by atoms with van der Waals surface area (Å²) in [6.45, 7) is 1.55. The second-order valence-electron chi connectivity index (χ2n) is 10.3. The Balaban J connectivity index is 1.23. The Bertz CT molecular complexity index is 1750. The number of carbonyl (C=O) groups is 1. The number of aromatic nitrogens is 3. The number of hydrogen-bond acceptors (Lipinski definition) is 6. The van der Waals surface area contributed by atoms with Gasteiger partial charge in [-0.1, -0.05) is 30.3 Å². The van der Waals surface area contributed by atoms with E-state index < -0.39 is 5.97 Å². The fraction of sp³-hybridized carbons (Fsp3) is 0.242. The van der Waals surface area contributed by atoms with Crippen LogP contribution in [0.2, 0.25) is 0 Å². The summed E-state index contributed by atoms with van der Waals surface area (Å²) in [5, 5.41) is 9.51. The highest BCUT2D eigenvalue weighted by molar-refractivity contribution is 5.92. The number of pyridine rings is 1. The first-order valence-corrected chi connectivity index (χ1v) is 13.8. The van der Waals surface area contributed by atoms with E-state index in [0.717, 1.165) is 24.2 Å². The topological polar surface area (TPSA) is 95.7 Å². The molecule has 1 atom stereocenters. The van der Waals surface area contributed by atoms with Gasteiger partial charge in [-0.05, 0) is 66.4 Å². The van der Waals surface area contributed by atoms with Gasteiger partial charge in [-0.25, -0.2) is 19.2 Å². The van der Waals surface area contributed by atoms with Crippen molar-refractivity contribution in [2.45, 2.75) is 38.5 Å². The Hall–Kier alpha value is -4.76. The molecular formula is C33H30FN3O5. The molecule has 214 valence electrons. The minimum absolute atomic E-state index is 0.00588. The van der Waals surface area contributed by atoms with E-state index in [1.54, 1.807) is 31.4 Å². The van der Waals surface area contributed by atoms with Crippen molar-refractivity contribution in [3.05, 3.63) is 107 Å². The zero-order valence-electron chi connectivity index (χ0n) is 23.1. The van der Waals surface area contributed by atoms with Crippen molar-refractivity contribution in [1.82, 2.24) is 14.5 Å². The van der Waals surface area contributed by atoms with E-state index in [0.29, 0.717) is 59.3 Å².